The van der Waals surface area contributed by atoms with Crippen LogP contribution in [0.5, 0.6) is 11.5 Å². The maximum Gasteiger partial charge on any atom is 0.336 e. The summed E-state index contributed by atoms with van der Waals surface area (Å²) in [6.07, 6.45) is 0.816. The molecule has 2 amide bonds. The number of esters is 1. The summed E-state index contributed by atoms with van der Waals surface area (Å²) < 4.78 is 16.0. The highest BCUT2D eigenvalue weighted by Crippen LogP contribution is 2.39. The van der Waals surface area contributed by atoms with Crippen LogP contribution >= 0.6 is 0 Å². The second-order valence-corrected chi connectivity index (χ2v) is 10.2. The molecule has 0 fully saturated rings. The van der Waals surface area contributed by atoms with Crippen molar-refractivity contribution in [1.29, 1.82) is 0 Å². The summed E-state index contributed by atoms with van der Waals surface area (Å²) in [7, 11) is 3.18. The maximum atomic E-state index is 13.4. The Morgan fingerprint density at radius 2 is 1.62 bits per heavy atom. The monoisotopic (exact) mass is 570 g/mol. The Morgan fingerprint density at radius 1 is 0.929 bits per heavy atom. The van der Waals surface area contributed by atoms with Crippen LogP contribution in [0.4, 0.5) is 0 Å². The van der Waals surface area contributed by atoms with Crippen molar-refractivity contribution < 1.29 is 28.6 Å². The van der Waals surface area contributed by atoms with Gasteiger partial charge < -0.3 is 24.4 Å². The summed E-state index contributed by atoms with van der Waals surface area (Å²) >= 11 is 0. The molecule has 1 heterocycles. The normalized spacial score (nSPS) is 14.9. The number of aryl methyl sites for hydroxylation is 1. The van der Waals surface area contributed by atoms with Crippen LogP contribution in [-0.4, -0.2) is 50.1 Å². The van der Waals surface area contributed by atoms with Gasteiger partial charge in [-0.1, -0.05) is 42.5 Å². The lowest BCUT2D eigenvalue weighted by Crippen LogP contribution is -2.38. The summed E-state index contributed by atoms with van der Waals surface area (Å²) in [4.78, 5) is 40.9. The highest BCUT2D eigenvalue weighted by atomic mass is 16.5. The van der Waals surface area contributed by atoms with E-state index in [1.54, 1.807) is 45.1 Å². The molecule has 220 valence electrons. The first kappa shape index (κ1) is 30.4. The van der Waals surface area contributed by atoms with E-state index in [9.17, 15) is 14.4 Å². The molecule has 4 rings (SSSR count). The Hall–Kier alpha value is -4.59. The van der Waals surface area contributed by atoms with E-state index in [1.165, 1.54) is 0 Å². The third kappa shape index (κ3) is 6.82. The number of rotatable bonds is 11. The van der Waals surface area contributed by atoms with Gasteiger partial charge in [-0.2, -0.15) is 0 Å². The summed E-state index contributed by atoms with van der Waals surface area (Å²) in [5.74, 6) is 0.295. The molecule has 1 atom stereocenters. The molecule has 0 saturated carbocycles. The molecular weight excluding hydrogens is 532 g/mol. The van der Waals surface area contributed by atoms with Gasteiger partial charge in [0.2, 0.25) is 5.91 Å². The van der Waals surface area contributed by atoms with Crippen LogP contribution in [0, 0.1) is 6.92 Å². The standard InChI is InChI=1S/C34H38N2O6/c1-6-42-34(39)32-23(3)36(31(37)20-28(32)27-10-8-7-9-22(27)2)21-25-11-14-26(15-12-25)33(38)35-18-17-24-13-16-29(40-4)30(19-24)41-5/h7-16,19,28H,6,17-18,20-21H2,1-5H3,(H,35,38). The van der Waals surface area contributed by atoms with Gasteiger partial charge in [-0.3, -0.25) is 9.59 Å². The Bertz CT molecular complexity index is 1480. The van der Waals surface area contributed by atoms with Crippen molar-refractivity contribution in [3.63, 3.8) is 0 Å². The lowest BCUT2D eigenvalue weighted by Gasteiger charge is -2.35. The van der Waals surface area contributed by atoms with E-state index < -0.39 is 5.97 Å². The first-order chi connectivity index (χ1) is 20.3. The SMILES string of the molecule is CCOC(=O)C1=C(C)N(Cc2ccc(C(=O)NCCc3ccc(OC)c(OC)c3)cc2)C(=O)CC1c1ccccc1C. The fourth-order valence-corrected chi connectivity index (χ4v) is 5.32. The number of hydrogen-bond donors (Lipinski definition) is 1. The Morgan fingerprint density at radius 3 is 2.29 bits per heavy atom. The fraction of sp³-hybridized carbons (Fsp3) is 0.324. The van der Waals surface area contributed by atoms with Crippen LogP contribution in [0.15, 0.2) is 78.0 Å². The minimum Gasteiger partial charge on any atom is -0.493 e. The molecule has 8 nitrogen and oxygen atoms in total. The van der Waals surface area contributed by atoms with E-state index in [4.69, 9.17) is 14.2 Å². The molecule has 0 saturated heterocycles. The number of ether oxygens (including phenoxy) is 3. The molecule has 8 heteroatoms. The van der Waals surface area contributed by atoms with Crippen molar-refractivity contribution in [1.82, 2.24) is 10.2 Å². The van der Waals surface area contributed by atoms with Crippen molar-refractivity contribution in [2.75, 3.05) is 27.4 Å². The highest BCUT2D eigenvalue weighted by molar-refractivity contribution is 5.96. The number of nitrogens with zero attached hydrogens (tertiary/aromatic N) is 1. The van der Waals surface area contributed by atoms with Crippen LogP contribution in [0.2, 0.25) is 0 Å². The van der Waals surface area contributed by atoms with Crippen molar-refractivity contribution >= 4 is 17.8 Å². The van der Waals surface area contributed by atoms with Gasteiger partial charge in [0, 0.05) is 30.1 Å². The zero-order valence-corrected chi connectivity index (χ0v) is 24.9. The van der Waals surface area contributed by atoms with E-state index in [0.717, 1.165) is 22.3 Å². The smallest absolute Gasteiger partial charge is 0.336 e. The van der Waals surface area contributed by atoms with E-state index in [1.807, 2.05) is 61.5 Å². The minimum atomic E-state index is -0.402. The zero-order chi connectivity index (χ0) is 30.2. The van der Waals surface area contributed by atoms with Crippen molar-refractivity contribution in [3.05, 3.63) is 106 Å². The van der Waals surface area contributed by atoms with E-state index in [0.29, 0.717) is 41.3 Å². The zero-order valence-electron chi connectivity index (χ0n) is 24.9. The molecule has 1 N–H and O–H groups in total. The van der Waals surface area contributed by atoms with Gasteiger partial charge in [-0.15, -0.1) is 0 Å². The molecule has 1 aliphatic rings. The molecule has 0 bridgehead atoms. The summed E-state index contributed by atoms with van der Waals surface area (Å²) in [6, 6.07) is 20.7. The number of benzene rings is 3. The molecule has 3 aromatic rings. The number of hydrogen-bond acceptors (Lipinski definition) is 6. The Labute approximate surface area is 247 Å². The molecule has 0 aromatic heterocycles. The quantitative estimate of drug-likeness (QED) is 0.313. The number of methoxy groups -OCH3 is 2. The molecule has 1 unspecified atom stereocenters. The summed E-state index contributed by atoms with van der Waals surface area (Å²) in [5.41, 5.74) is 5.47. The van der Waals surface area contributed by atoms with E-state index in [-0.39, 0.29) is 37.3 Å². The Kier molecular flexibility index (Phi) is 10.0. The maximum absolute atomic E-state index is 13.4. The molecule has 0 spiro atoms. The highest BCUT2D eigenvalue weighted by Gasteiger charge is 2.37. The fourth-order valence-electron chi connectivity index (χ4n) is 5.32. The van der Waals surface area contributed by atoms with Gasteiger partial charge in [0.15, 0.2) is 11.5 Å². The van der Waals surface area contributed by atoms with Crippen molar-refractivity contribution in [2.45, 2.75) is 46.1 Å². The molecular formula is C34H38N2O6. The average molecular weight is 571 g/mol. The van der Waals surface area contributed by atoms with Gasteiger partial charge in [0.1, 0.15) is 0 Å². The van der Waals surface area contributed by atoms with Gasteiger partial charge in [0.05, 0.1) is 32.9 Å². The van der Waals surface area contributed by atoms with Crippen LogP contribution in [0.3, 0.4) is 0 Å². The minimum absolute atomic E-state index is 0.0641. The van der Waals surface area contributed by atoms with Gasteiger partial charge >= 0.3 is 5.97 Å². The van der Waals surface area contributed by atoms with Crippen LogP contribution in [0.1, 0.15) is 58.8 Å². The topological polar surface area (TPSA) is 94.2 Å². The van der Waals surface area contributed by atoms with Gasteiger partial charge in [-0.25, -0.2) is 4.79 Å². The summed E-state index contributed by atoms with van der Waals surface area (Å²) in [5, 5.41) is 2.95. The van der Waals surface area contributed by atoms with Crippen LogP contribution in [-0.2, 0) is 27.3 Å². The van der Waals surface area contributed by atoms with E-state index >= 15 is 0 Å². The second-order valence-electron chi connectivity index (χ2n) is 10.2. The predicted molar refractivity (Wildman–Crippen MR) is 160 cm³/mol. The van der Waals surface area contributed by atoms with Crippen molar-refractivity contribution in [2.24, 2.45) is 0 Å². The van der Waals surface area contributed by atoms with Gasteiger partial charge in [-0.05, 0) is 73.7 Å². The third-order valence-electron chi connectivity index (χ3n) is 7.59. The molecule has 42 heavy (non-hydrogen) atoms. The van der Waals surface area contributed by atoms with Crippen LogP contribution in [0.25, 0.3) is 0 Å². The van der Waals surface area contributed by atoms with E-state index in [2.05, 4.69) is 5.32 Å². The molecule has 1 aliphatic heterocycles. The largest absolute Gasteiger partial charge is 0.493 e. The lowest BCUT2D eigenvalue weighted by molar-refractivity contribution is -0.140. The Balaban J connectivity index is 1.44. The van der Waals surface area contributed by atoms with Crippen LogP contribution < -0.4 is 14.8 Å². The van der Waals surface area contributed by atoms with Gasteiger partial charge in [0.25, 0.3) is 5.91 Å². The first-order valence-corrected chi connectivity index (χ1v) is 14.1. The number of amides is 2. The number of nitrogens with one attached hydrogen (secondary N) is 1. The summed E-state index contributed by atoms with van der Waals surface area (Å²) in [6.45, 7) is 6.56. The molecule has 0 radical (unpaired) electrons. The molecule has 0 aliphatic carbocycles. The molecule has 3 aromatic carbocycles. The average Bonchev–Trinajstić information content (AvgIpc) is 2.99. The second kappa shape index (κ2) is 13.9. The first-order valence-electron chi connectivity index (χ1n) is 14.1. The number of allylic oxidation sites excluding steroid dienone is 1. The predicted octanol–water partition coefficient (Wildman–Crippen LogP) is 5.34. The lowest BCUT2D eigenvalue weighted by atomic mass is 9.81. The number of carbonyl (C=O) groups excluding carboxylic acids is 3. The van der Waals surface area contributed by atoms with Crippen molar-refractivity contribution in [3.8, 4) is 11.5 Å². The number of carbonyl (C=O) groups is 3. The third-order valence-corrected chi connectivity index (χ3v) is 7.59.